The lowest BCUT2D eigenvalue weighted by Gasteiger charge is -2.38. The van der Waals surface area contributed by atoms with Crippen molar-refractivity contribution in [2.24, 2.45) is 11.3 Å². The molecule has 0 N–H and O–H groups in total. The minimum atomic E-state index is -5.74. The fourth-order valence-corrected chi connectivity index (χ4v) is 6.02. The van der Waals surface area contributed by atoms with Crippen molar-refractivity contribution in [1.82, 2.24) is 9.97 Å². The van der Waals surface area contributed by atoms with Crippen LogP contribution in [-0.2, 0) is 10.8 Å². The zero-order valence-corrected chi connectivity index (χ0v) is 23.9. The van der Waals surface area contributed by atoms with Gasteiger partial charge in [-0.05, 0) is 72.4 Å². The Labute approximate surface area is 234 Å². The highest BCUT2D eigenvalue weighted by Gasteiger charge is 2.72. The number of hydrogen-bond donors (Lipinski definition) is 0. The van der Waals surface area contributed by atoms with Crippen LogP contribution in [0.25, 0.3) is 22.2 Å². The number of aromatic nitrogens is 2. The maximum atomic E-state index is 14.9. The van der Waals surface area contributed by atoms with E-state index in [0.29, 0.717) is 11.8 Å². The van der Waals surface area contributed by atoms with Crippen molar-refractivity contribution in [1.29, 1.82) is 0 Å². The summed E-state index contributed by atoms with van der Waals surface area (Å²) in [5.74, 6) is 1.05. The highest BCUT2D eigenvalue weighted by molar-refractivity contribution is 5.77. The maximum absolute atomic E-state index is 14.9. The Morgan fingerprint density at radius 2 is 1.15 bits per heavy atom. The first-order valence-electron chi connectivity index (χ1n) is 13.8. The van der Waals surface area contributed by atoms with Gasteiger partial charge in [0.05, 0.1) is 0 Å². The molecular formula is C31H34F6N2O2. The first kappa shape index (κ1) is 29.5. The third-order valence-corrected chi connectivity index (χ3v) is 8.45. The van der Waals surface area contributed by atoms with Gasteiger partial charge in [0.2, 0.25) is 11.3 Å². The number of rotatable bonds is 3. The van der Waals surface area contributed by atoms with E-state index in [1.54, 1.807) is 20.8 Å². The quantitative estimate of drug-likeness (QED) is 0.226. The summed E-state index contributed by atoms with van der Waals surface area (Å²) in [7, 11) is 0. The standard InChI is InChI=1S/C31H34F6N2O2/c1-27(2,3)18-9-7-17(8-10-18)25-38-21-15-19(11-13-23(21)40-25)29(30(32,33)34,31(35,36)37)20-12-14-24-22(16-20)39-26(41-24)28(4,5)6/h11-18H,7-10H2,1-6H3. The van der Waals surface area contributed by atoms with Gasteiger partial charge in [0.1, 0.15) is 11.0 Å². The molecule has 4 nitrogen and oxygen atoms in total. The van der Waals surface area contributed by atoms with Gasteiger partial charge in [0.15, 0.2) is 17.1 Å². The number of halogens is 6. The second-order valence-corrected chi connectivity index (χ2v) is 13.3. The normalized spacial score (nSPS) is 19.8. The van der Waals surface area contributed by atoms with E-state index in [-0.39, 0.29) is 39.4 Å². The van der Waals surface area contributed by atoms with Crippen molar-refractivity contribution >= 4 is 22.2 Å². The van der Waals surface area contributed by atoms with Crippen LogP contribution in [0.1, 0.15) is 96.1 Å². The molecule has 2 aromatic heterocycles. The molecule has 0 bridgehead atoms. The van der Waals surface area contributed by atoms with Gasteiger partial charge in [0.25, 0.3) is 0 Å². The molecule has 41 heavy (non-hydrogen) atoms. The van der Waals surface area contributed by atoms with Crippen molar-refractivity contribution < 1.29 is 35.2 Å². The van der Waals surface area contributed by atoms with Gasteiger partial charge >= 0.3 is 12.4 Å². The average Bonchev–Trinajstić information content (AvgIpc) is 3.46. The molecular weight excluding hydrogens is 546 g/mol. The summed E-state index contributed by atoms with van der Waals surface area (Å²) >= 11 is 0. The molecule has 0 spiro atoms. The maximum Gasteiger partial charge on any atom is 0.411 e. The van der Waals surface area contributed by atoms with Gasteiger partial charge < -0.3 is 8.83 Å². The zero-order chi connectivity index (χ0) is 30.2. The average molecular weight is 581 g/mol. The molecule has 0 radical (unpaired) electrons. The van der Waals surface area contributed by atoms with Crippen LogP contribution in [0.15, 0.2) is 45.2 Å². The summed E-state index contributed by atoms with van der Waals surface area (Å²) in [5, 5.41) is 0. The molecule has 1 aliphatic rings. The van der Waals surface area contributed by atoms with Crippen LogP contribution in [-0.4, -0.2) is 22.3 Å². The van der Waals surface area contributed by atoms with Gasteiger partial charge in [-0.15, -0.1) is 0 Å². The predicted octanol–water partition coefficient (Wildman–Crippen LogP) is 10.00. The summed E-state index contributed by atoms with van der Waals surface area (Å²) in [4.78, 5) is 8.62. The molecule has 1 saturated carbocycles. The molecule has 222 valence electrons. The summed E-state index contributed by atoms with van der Waals surface area (Å²) in [6.07, 6.45) is -7.98. The number of oxazole rings is 2. The van der Waals surface area contributed by atoms with Crippen LogP contribution in [0.4, 0.5) is 26.3 Å². The van der Waals surface area contributed by atoms with E-state index in [0.717, 1.165) is 62.1 Å². The number of alkyl halides is 6. The topological polar surface area (TPSA) is 52.1 Å². The lowest BCUT2D eigenvalue weighted by Crippen LogP contribution is -2.54. The zero-order valence-electron chi connectivity index (χ0n) is 23.9. The number of fused-ring (bicyclic) bond motifs is 2. The van der Waals surface area contributed by atoms with Gasteiger partial charge in [-0.2, -0.15) is 26.3 Å². The Kier molecular flexibility index (Phi) is 6.82. The summed E-state index contributed by atoms with van der Waals surface area (Å²) in [6.45, 7) is 11.9. The SMILES string of the molecule is CC(C)(C)c1nc2cc(C(c3ccc4oc(C5CCC(C(C)(C)C)CC5)nc4c3)(C(F)(F)F)C(F)(F)F)ccc2o1. The summed E-state index contributed by atoms with van der Waals surface area (Å²) in [6, 6.07) is 5.59. The van der Waals surface area contributed by atoms with Crippen molar-refractivity contribution in [3.05, 3.63) is 59.3 Å². The fourth-order valence-electron chi connectivity index (χ4n) is 6.02. The molecule has 4 aromatic rings. The molecule has 1 aliphatic carbocycles. The predicted molar refractivity (Wildman–Crippen MR) is 144 cm³/mol. The van der Waals surface area contributed by atoms with Crippen LogP contribution in [0.5, 0.6) is 0 Å². The van der Waals surface area contributed by atoms with Crippen LogP contribution in [0, 0.1) is 11.3 Å². The van der Waals surface area contributed by atoms with Crippen molar-refractivity contribution in [3.63, 3.8) is 0 Å². The van der Waals surface area contributed by atoms with Crippen LogP contribution in [0.3, 0.4) is 0 Å². The van der Waals surface area contributed by atoms with E-state index in [4.69, 9.17) is 8.83 Å². The summed E-state index contributed by atoms with van der Waals surface area (Å²) < 4.78 is 101. The molecule has 0 atom stereocenters. The van der Waals surface area contributed by atoms with Gasteiger partial charge in [-0.1, -0.05) is 53.7 Å². The first-order valence-corrected chi connectivity index (χ1v) is 13.8. The van der Waals surface area contributed by atoms with E-state index in [9.17, 15) is 26.3 Å². The molecule has 1 fully saturated rings. The fraction of sp³-hybridized carbons (Fsp3) is 0.548. The second kappa shape index (κ2) is 9.49. The molecule has 5 rings (SSSR count). The number of nitrogens with zero attached hydrogens (tertiary/aromatic N) is 2. The van der Waals surface area contributed by atoms with E-state index >= 15 is 0 Å². The largest absolute Gasteiger partial charge is 0.440 e. The van der Waals surface area contributed by atoms with Crippen molar-refractivity contribution in [2.45, 2.75) is 96.3 Å². The smallest absolute Gasteiger partial charge is 0.411 e. The van der Waals surface area contributed by atoms with Gasteiger partial charge in [0, 0.05) is 11.3 Å². The first-order chi connectivity index (χ1) is 18.8. The molecule has 0 unspecified atom stereocenters. The Morgan fingerprint density at radius 1 is 0.659 bits per heavy atom. The third kappa shape index (κ3) is 5.01. The molecule has 10 heteroatoms. The third-order valence-electron chi connectivity index (χ3n) is 8.45. The molecule has 0 aliphatic heterocycles. The second-order valence-electron chi connectivity index (χ2n) is 13.3. The molecule has 0 saturated heterocycles. The van der Waals surface area contributed by atoms with E-state index < -0.39 is 34.3 Å². The minimum Gasteiger partial charge on any atom is -0.440 e. The van der Waals surface area contributed by atoms with Crippen molar-refractivity contribution in [3.8, 4) is 0 Å². The van der Waals surface area contributed by atoms with Gasteiger partial charge in [-0.3, -0.25) is 0 Å². The van der Waals surface area contributed by atoms with Gasteiger partial charge in [-0.25, -0.2) is 9.97 Å². The Morgan fingerprint density at radius 3 is 1.61 bits per heavy atom. The van der Waals surface area contributed by atoms with Crippen LogP contribution in [0.2, 0.25) is 0 Å². The lowest BCUT2D eigenvalue weighted by molar-refractivity contribution is -0.288. The number of benzene rings is 2. The minimum absolute atomic E-state index is 0.0361. The van der Waals surface area contributed by atoms with Crippen molar-refractivity contribution in [2.75, 3.05) is 0 Å². The highest BCUT2D eigenvalue weighted by atomic mass is 19.4. The van der Waals surface area contributed by atoms with E-state index in [1.807, 2.05) is 0 Å². The Bertz CT molecular complexity index is 1540. The monoisotopic (exact) mass is 580 g/mol. The summed E-state index contributed by atoms with van der Waals surface area (Å²) in [5.41, 5.74) is -6.60. The molecule has 2 aromatic carbocycles. The highest BCUT2D eigenvalue weighted by Crippen LogP contribution is 2.57. The molecule has 2 heterocycles. The Balaban J connectivity index is 1.61. The van der Waals surface area contributed by atoms with Crippen LogP contribution >= 0.6 is 0 Å². The lowest BCUT2D eigenvalue weighted by atomic mass is 9.70. The van der Waals surface area contributed by atoms with E-state index in [2.05, 4.69) is 30.7 Å². The molecule has 0 amide bonds. The number of hydrogen-bond acceptors (Lipinski definition) is 4. The Hall–Kier alpha value is -3.04. The van der Waals surface area contributed by atoms with E-state index in [1.165, 1.54) is 0 Å². The van der Waals surface area contributed by atoms with Crippen LogP contribution < -0.4 is 0 Å².